The van der Waals surface area contributed by atoms with E-state index in [9.17, 15) is 19.8 Å². The van der Waals surface area contributed by atoms with Crippen molar-refractivity contribution < 1.29 is 24.5 Å². The summed E-state index contributed by atoms with van der Waals surface area (Å²) in [6.07, 6.45) is 73.6. The topological polar surface area (TPSA) is 95.9 Å². The van der Waals surface area contributed by atoms with E-state index in [1.54, 1.807) is 6.08 Å². The van der Waals surface area contributed by atoms with Gasteiger partial charge in [0.2, 0.25) is 5.91 Å². The Hall–Kier alpha value is -1.66. The zero-order chi connectivity index (χ0) is 50.7. The highest BCUT2D eigenvalue weighted by Gasteiger charge is 2.18. The maximum atomic E-state index is 12.5. The van der Waals surface area contributed by atoms with E-state index in [1.165, 1.54) is 276 Å². The first-order valence-electron chi connectivity index (χ1n) is 31.6. The number of unbranched alkanes of at least 4 members (excludes halogenated alkanes) is 46. The van der Waals surface area contributed by atoms with Crippen LogP contribution in [0.4, 0.5) is 0 Å². The van der Waals surface area contributed by atoms with Crippen LogP contribution in [0.25, 0.3) is 0 Å². The van der Waals surface area contributed by atoms with Crippen molar-refractivity contribution in [3.63, 3.8) is 0 Å². The number of amides is 1. The minimum atomic E-state index is -0.846. The molecule has 0 saturated carbocycles. The zero-order valence-electron chi connectivity index (χ0n) is 47.3. The molecule has 0 saturated heterocycles. The molecule has 0 bridgehead atoms. The summed E-state index contributed by atoms with van der Waals surface area (Å²) >= 11 is 0. The molecular formula is C64H123NO5. The summed E-state index contributed by atoms with van der Waals surface area (Å²) in [5, 5.41) is 23.2. The van der Waals surface area contributed by atoms with Gasteiger partial charge < -0.3 is 20.3 Å². The third kappa shape index (κ3) is 55.7. The minimum Gasteiger partial charge on any atom is -0.466 e. The molecule has 0 aliphatic heterocycles. The summed E-state index contributed by atoms with van der Waals surface area (Å²) in [6.45, 7) is 4.92. The zero-order valence-corrected chi connectivity index (χ0v) is 47.3. The standard InChI is InChI=1S/C64H123NO5/c1-3-5-7-9-11-13-15-17-19-24-28-32-36-40-44-48-52-56-62(67)61(60-66)65-63(68)57-53-49-45-41-37-33-29-26-22-21-23-27-31-35-39-43-47-51-55-59-70-64(69)58-54-50-46-42-38-34-30-25-20-18-16-14-12-10-8-6-4-2/h18,20,52,56,61-62,66-67H,3-17,19,21-51,53-55,57-60H2,1-2H3,(H,65,68)/b20-18-,56-52+. The SMILES string of the molecule is CCCCCCCC/C=C\CCCCCCCCCC(=O)OCCCCCCCCCCCCCCCCCCCCCC(=O)NC(CO)C(O)/C=C/CCCCCCCCCCCCCCCCC. The Kier molecular flexibility index (Phi) is 58.5. The molecule has 6 nitrogen and oxygen atoms in total. The molecule has 414 valence electrons. The second-order valence-corrected chi connectivity index (χ2v) is 21.7. The smallest absolute Gasteiger partial charge is 0.305 e. The second-order valence-electron chi connectivity index (χ2n) is 21.7. The van der Waals surface area contributed by atoms with Gasteiger partial charge in [0, 0.05) is 12.8 Å². The van der Waals surface area contributed by atoms with E-state index in [2.05, 4.69) is 31.3 Å². The van der Waals surface area contributed by atoms with Gasteiger partial charge in [-0.15, -0.1) is 0 Å². The molecule has 0 fully saturated rings. The van der Waals surface area contributed by atoms with Crippen molar-refractivity contribution in [3.05, 3.63) is 24.3 Å². The fraction of sp³-hybridized carbons (Fsp3) is 0.906. The van der Waals surface area contributed by atoms with Gasteiger partial charge in [-0.1, -0.05) is 301 Å². The molecule has 1 amide bonds. The highest BCUT2D eigenvalue weighted by Crippen LogP contribution is 2.18. The predicted octanol–water partition coefficient (Wildman–Crippen LogP) is 19.8. The van der Waals surface area contributed by atoms with Gasteiger partial charge in [-0.2, -0.15) is 0 Å². The predicted molar refractivity (Wildman–Crippen MR) is 306 cm³/mol. The molecule has 0 aromatic rings. The average molecular weight is 987 g/mol. The number of carbonyl (C=O) groups is 2. The number of aliphatic hydroxyl groups is 2. The summed E-state index contributed by atoms with van der Waals surface area (Å²) in [4.78, 5) is 24.6. The first kappa shape index (κ1) is 68.3. The van der Waals surface area contributed by atoms with Crippen LogP contribution < -0.4 is 5.32 Å². The third-order valence-electron chi connectivity index (χ3n) is 14.7. The largest absolute Gasteiger partial charge is 0.466 e. The molecule has 0 heterocycles. The quantitative estimate of drug-likeness (QED) is 0.0321. The first-order valence-corrected chi connectivity index (χ1v) is 31.6. The molecule has 0 rings (SSSR count). The van der Waals surface area contributed by atoms with Crippen LogP contribution in [0.3, 0.4) is 0 Å². The van der Waals surface area contributed by atoms with Crippen LogP contribution in [0.2, 0.25) is 0 Å². The van der Waals surface area contributed by atoms with Crippen molar-refractivity contribution in [1.29, 1.82) is 0 Å². The number of ether oxygens (including phenoxy) is 1. The molecule has 0 spiro atoms. The Balaban J connectivity index is 3.41. The number of hydrogen-bond donors (Lipinski definition) is 3. The lowest BCUT2D eigenvalue weighted by molar-refractivity contribution is -0.143. The average Bonchev–Trinajstić information content (AvgIpc) is 3.36. The molecule has 0 aromatic heterocycles. The Bertz CT molecular complexity index is 1090. The number of carbonyl (C=O) groups excluding carboxylic acids is 2. The summed E-state index contributed by atoms with van der Waals surface area (Å²) in [7, 11) is 0. The second kappa shape index (κ2) is 59.9. The molecule has 70 heavy (non-hydrogen) atoms. The van der Waals surface area contributed by atoms with Crippen LogP contribution in [-0.4, -0.2) is 47.4 Å². The van der Waals surface area contributed by atoms with Crippen molar-refractivity contribution >= 4 is 11.9 Å². The van der Waals surface area contributed by atoms with Crippen LogP contribution in [-0.2, 0) is 14.3 Å². The Morgan fingerprint density at radius 3 is 1.01 bits per heavy atom. The number of hydrogen-bond acceptors (Lipinski definition) is 5. The maximum Gasteiger partial charge on any atom is 0.305 e. The summed E-state index contributed by atoms with van der Waals surface area (Å²) < 4.78 is 5.49. The van der Waals surface area contributed by atoms with Crippen LogP contribution in [0.15, 0.2) is 24.3 Å². The summed E-state index contributed by atoms with van der Waals surface area (Å²) in [5.41, 5.74) is 0. The third-order valence-corrected chi connectivity index (χ3v) is 14.7. The molecule has 2 unspecified atom stereocenters. The lowest BCUT2D eigenvalue weighted by atomic mass is 10.0. The van der Waals surface area contributed by atoms with Crippen LogP contribution in [0, 0.1) is 0 Å². The number of rotatable bonds is 59. The minimum absolute atomic E-state index is 0.00550. The van der Waals surface area contributed by atoms with E-state index in [1.807, 2.05) is 6.08 Å². The summed E-state index contributed by atoms with van der Waals surface area (Å²) in [5.74, 6) is -0.0630. The van der Waals surface area contributed by atoms with E-state index in [-0.39, 0.29) is 18.5 Å². The monoisotopic (exact) mass is 986 g/mol. The fourth-order valence-electron chi connectivity index (χ4n) is 9.87. The van der Waals surface area contributed by atoms with Crippen molar-refractivity contribution in [2.75, 3.05) is 13.2 Å². The lowest BCUT2D eigenvalue weighted by Crippen LogP contribution is -2.45. The van der Waals surface area contributed by atoms with Crippen LogP contribution in [0.5, 0.6) is 0 Å². The molecule has 0 radical (unpaired) electrons. The van der Waals surface area contributed by atoms with E-state index < -0.39 is 12.1 Å². The number of nitrogens with one attached hydrogen (secondary N) is 1. The number of allylic oxidation sites excluding steroid dienone is 3. The van der Waals surface area contributed by atoms with Gasteiger partial charge in [0.05, 0.1) is 25.4 Å². The van der Waals surface area contributed by atoms with Gasteiger partial charge in [0.15, 0.2) is 0 Å². The normalized spacial score (nSPS) is 12.7. The highest BCUT2D eigenvalue weighted by atomic mass is 16.5. The Morgan fingerprint density at radius 1 is 0.386 bits per heavy atom. The first-order chi connectivity index (χ1) is 34.5. The Morgan fingerprint density at radius 2 is 0.671 bits per heavy atom. The van der Waals surface area contributed by atoms with Gasteiger partial charge in [-0.3, -0.25) is 9.59 Å². The molecule has 0 aliphatic rings. The van der Waals surface area contributed by atoms with E-state index in [4.69, 9.17) is 4.74 Å². The molecule has 0 aliphatic carbocycles. The lowest BCUT2D eigenvalue weighted by Gasteiger charge is -2.20. The Labute approximate surface area is 437 Å². The molecule has 2 atom stereocenters. The fourth-order valence-corrected chi connectivity index (χ4v) is 9.87. The summed E-state index contributed by atoms with van der Waals surface area (Å²) in [6, 6.07) is -0.630. The van der Waals surface area contributed by atoms with Crippen LogP contribution in [0.1, 0.15) is 348 Å². The van der Waals surface area contributed by atoms with Gasteiger partial charge in [-0.05, 0) is 57.8 Å². The number of aliphatic hydroxyl groups excluding tert-OH is 2. The van der Waals surface area contributed by atoms with Crippen molar-refractivity contribution in [2.24, 2.45) is 0 Å². The van der Waals surface area contributed by atoms with E-state index >= 15 is 0 Å². The van der Waals surface area contributed by atoms with Gasteiger partial charge >= 0.3 is 5.97 Å². The van der Waals surface area contributed by atoms with Gasteiger partial charge in [0.1, 0.15) is 0 Å². The maximum absolute atomic E-state index is 12.5. The molecule has 0 aromatic carbocycles. The van der Waals surface area contributed by atoms with Crippen molar-refractivity contribution in [1.82, 2.24) is 5.32 Å². The van der Waals surface area contributed by atoms with E-state index in [0.717, 1.165) is 44.9 Å². The molecule has 3 N–H and O–H groups in total. The van der Waals surface area contributed by atoms with Crippen molar-refractivity contribution in [3.8, 4) is 0 Å². The van der Waals surface area contributed by atoms with Gasteiger partial charge in [-0.25, -0.2) is 0 Å². The van der Waals surface area contributed by atoms with Crippen LogP contribution >= 0.6 is 0 Å². The highest BCUT2D eigenvalue weighted by molar-refractivity contribution is 5.76. The molecule has 6 heteroatoms. The van der Waals surface area contributed by atoms with E-state index in [0.29, 0.717) is 19.4 Å². The molecular weight excluding hydrogens is 863 g/mol. The number of esters is 1. The van der Waals surface area contributed by atoms with Gasteiger partial charge in [0.25, 0.3) is 0 Å². The van der Waals surface area contributed by atoms with Crippen molar-refractivity contribution in [2.45, 2.75) is 360 Å².